The second kappa shape index (κ2) is 8.47. The van der Waals surface area contributed by atoms with Gasteiger partial charge in [0.05, 0.1) is 19.0 Å². The highest BCUT2D eigenvalue weighted by molar-refractivity contribution is 5.91. The van der Waals surface area contributed by atoms with E-state index < -0.39 is 0 Å². The van der Waals surface area contributed by atoms with E-state index in [4.69, 9.17) is 9.15 Å². The quantitative estimate of drug-likeness (QED) is 0.828. The van der Waals surface area contributed by atoms with Crippen LogP contribution in [-0.4, -0.2) is 43.2 Å². The van der Waals surface area contributed by atoms with Crippen molar-refractivity contribution in [2.24, 2.45) is 0 Å². The molecular formula is C19H22N2O3. The molecule has 1 N–H and O–H groups in total. The minimum atomic E-state index is -0.143. The molecule has 5 heteroatoms. The molecule has 1 unspecified atom stereocenters. The lowest BCUT2D eigenvalue weighted by Gasteiger charge is -2.33. The van der Waals surface area contributed by atoms with Crippen LogP contribution in [0.2, 0.25) is 0 Å². The van der Waals surface area contributed by atoms with Crippen LogP contribution in [-0.2, 0) is 16.1 Å². The van der Waals surface area contributed by atoms with E-state index in [1.165, 1.54) is 11.6 Å². The average Bonchev–Trinajstić information content (AvgIpc) is 3.13. The van der Waals surface area contributed by atoms with Gasteiger partial charge in [-0.1, -0.05) is 30.3 Å². The van der Waals surface area contributed by atoms with Gasteiger partial charge in [0.25, 0.3) is 0 Å². The molecule has 24 heavy (non-hydrogen) atoms. The first kappa shape index (κ1) is 16.5. The molecule has 0 saturated carbocycles. The van der Waals surface area contributed by atoms with E-state index >= 15 is 0 Å². The van der Waals surface area contributed by atoms with E-state index in [9.17, 15) is 4.79 Å². The molecule has 1 atom stereocenters. The Hall–Kier alpha value is -2.37. The van der Waals surface area contributed by atoms with Gasteiger partial charge in [-0.2, -0.15) is 0 Å². The maximum Gasteiger partial charge on any atom is 0.244 e. The second-order valence-electron chi connectivity index (χ2n) is 5.81. The normalized spacial score (nSPS) is 18.8. The van der Waals surface area contributed by atoms with Crippen LogP contribution < -0.4 is 5.32 Å². The Morgan fingerprint density at radius 2 is 2.12 bits per heavy atom. The molecule has 126 valence electrons. The molecule has 1 aromatic heterocycles. The molecule has 0 aliphatic carbocycles. The number of morpholine rings is 1. The van der Waals surface area contributed by atoms with Crippen LogP contribution in [0.15, 0.2) is 59.2 Å². The summed E-state index contributed by atoms with van der Waals surface area (Å²) in [4.78, 5) is 14.2. The van der Waals surface area contributed by atoms with E-state index in [2.05, 4.69) is 34.5 Å². The number of nitrogens with zero attached hydrogens (tertiary/aromatic N) is 1. The van der Waals surface area contributed by atoms with E-state index in [0.717, 1.165) is 19.6 Å². The summed E-state index contributed by atoms with van der Waals surface area (Å²) in [6, 6.07) is 14.0. The van der Waals surface area contributed by atoms with Gasteiger partial charge in [-0.3, -0.25) is 9.69 Å². The Morgan fingerprint density at radius 3 is 2.92 bits per heavy atom. The average molecular weight is 326 g/mol. The molecule has 1 fully saturated rings. The van der Waals surface area contributed by atoms with Gasteiger partial charge in [-0.15, -0.1) is 0 Å². The van der Waals surface area contributed by atoms with Crippen LogP contribution in [0.3, 0.4) is 0 Å². The van der Waals surface area contributed by atoms with Crippen LogP contribution in [0.25, 0.3) is 6.08 Å². The molecule has 5 nitrogen and oxygen atoms in total. The van der Waals surface area contributed by atoms with Crippen molar-refractivity contribution in [1.82, 2.24) is 10.2 Å². The van der Waals surface area contributed by atoms with Crippen LogP contribution in [0.5, 0.6) is 0 Å². The van der Waals surface area contributed by atoms with E-state index in [-0.39, 0.29) is 12.0 Å². The fourth-order valence-electron chi connectivity index (χ4n) is 2.71. The van der Waals surface area contributed by atoms with Crippen molar-refractivity contribution in [3.05, 3.63) is 66.1 Å². The molecule has 0 bridgehead atoms. The van der Waals surface area contributed by atoms with Gasteiger partial charge >= 0.3 is 0 Å². The Balaban J connectivity index is 1.43. The molecule has 1 saturated heterocycles. The third-order valence-corrected chi connectivity index (χ3v) is 3.92. The van der Waals surface area contributed by atoms with Crippen molar-refractivity contribution in [1.29, 1.82) is 0 Å². The van der Waals surface area contributed by atoms with Crippen LogP contribution in [0, 0.1) is 0 Å². The topological polar surface area (TPSA) is 54.7 Å². The Kier molecular flexibility index (Phi) is 5.82. The summed E-state index contributed by atoms with van der Waals surface area (Å²) in [5, 5.41) is 2.88. The minimum absolute atomic E-state index is 0.0171. The summed E-state index contributed by atoms with van der Waals surface area (Å²) < 4.78 is 10.9. The Labute approximate surface area is 141 Å². The lowest BCUT2D eigenvalue weighted by atomic mass is 10.2. The van der Waals surface area contributed by atoms with Crippen molar-refractivity contribution in [3.8, 4) is 0 Å². The van der Waals surface area contributed by atoms with Crippen LogP contribution in [0.1, 0.15) is 11.3 Å². The van der Waals surface area contributed by atoms with Gasteiger partial charge in [-0.25, -0.2) is 0 Å². The van der Waals surface area contributed by atoms with Gasteiger partial charge in [0.1, 0.15) is 5.76 Å². The zero-order valence-electron chi connectivity index (χ0n) is 13.6. The van der Waals surface area contributed by atoms with E-state index in [1.807, 2.05) is 6.07 Å². The highest BCUT2D eigenvalue weighted by Crippen LogP contribution is 2.10. The Bertz CT molecular complexity index is 653. The largest absolute Gasteiger partial charge is 0.465 e. The standard InChI is InChI=1S/C19H22N2O3/c22-19(9-8-17-7-4-11-23-17)20-13-18-15-21(10-12-24-18)14-16-5-2-1-3-6-16/h1-9,11,18H,10,12-15H2,(H,20,22)/b9-8+. The van der Waals surface area contributed by atoms with E-state index in [1.54, 1.807) is 24.5 Å². The zero-order chi connectivity index (χ0) is 16.6. The number of carbonyl (C=O) groups excluding carboxylic acids is 1. The molecule has 1 amide bonds. The maximum atomic E-state index is 11.8. The highest BCUT2D eigenvalue weighted by atomic mass is 16.5. The molecule has 1 aliphatic heterocycles. The first-order valence-electron chi connectivity index (χ1n) is 8.17. The predicted octanol–water partition coefficient (Wildman–Crippen LogP) is 2.31. The zero-order valence-corrected chi connectivity index (χ0v) is 13.6. The fraction of sp³-hybridized carbons (Fsp3) is 0.316. The smallest absolute Gasteiger partial charge is 0.244 e. The molecule has 1 aliphatic rings. The van der Waals surface area contributed by atoms with Gasteiger partial charge in [0.2, 0.25) is 5.91 Å². The molecule has 0 radical (unpaired) electrons. The summed E-state index contributed by atoms with van der Waals surface area (Å²) in [7, 11) is 0. The van der Waals surface area contributed by atoms with Gasteiger partial charge in [0, 0.05) is 32.3 Å². The summed E-state index contributed by atoms with van der Waals surface area (Å²) in [6.07, 6.45) is 4.72. The number of benzene rings is 1. The molecular weight excluding hydrogens is 304 g/mol. The van der Waals surface area contributed by atoms with Crippen molar-refractivity contribution in [2.45, 2.75) is 12.6 Å². The number of rotatable bonds is 6. The lowest BCUT2D eigenvalue weighted by molar-refractivity contribution is -0.117. The molecule has 3 rings (SSSR count). The number of furan rings is 1. The monoisotopic (exact) mass is 326 g/mol. The summed E-state index contributed by atoms with van der Waals surface area (Å²) in [5.41, 5.74) is 1.29. The van der Waals surface area contributed by atoms with Crippen molar-refractivity contribution >= 4 is 12.0 Å². The number of hydrogen-bond donors (Lipinski definition) is 1. The van der Waals surface area contributed by atoms with Gasteiger partial charge < -0.3 is 14.5 Å². The minimum Gasteiger partial charge on any atom is -0.465 e. The first-order valence-corrected chi connectivity index (χ1v) is 8.17. The second-order valence-corrected chi connectivity index (χ2v) is 5.81. The lowest BCUT2D eigenvalue weighted by Crippen LogP contribution is -2.46. The van der Waals surface area contributed by atoms with Gasteiger partial charge in [0.15, 0.2) is 0 Å². The molecule has 1 aromatic carbocycles. The van der Waals surface area contributed by atoms with Crippen LogP contribution in [0.4, 0.5) is 0 Å². The maximum absolute atomic E-state index is 11.8. The third-order valence-electron chi connectivity index (χ3n) is 3.92. The summed E-state index contributed by atoms with van der Waals surface area (Å²) in [6.45, 7) is 3.84. The molecule has 2 aromatic rings. The number of hydrogen-bond acceptors (Lipinski definition) is 4. The Morgan fingerprint density at radius 1 is 1.25 bits per heavy atom. The third kappa shape index (κ3) is 5.08. The number of amides is 1. The summed E-state index contributed by atoms with van der Waals surface area (Å²) >= 11 is 0. The first-order chi connectivity index (χ1) is 11.8. The van der Waals surface area contributed by atoms with Gasteiger partial charge in [-0.05, 0) is 23.8 Å². The SMILES string of the molecule is O=C(/C=C/c1ccco1)NCC1CN(Cc2ccccc2)CCO1. The predicted molar refractivity (Wildman–Crippen MR) is 92.2 cm³/mol. The van der Waals surface area contributed by atoms with Crippen LogP contribution >= 0.6 is 0 Å². The van der Waals surface area contributed by atoms with Crippen molar-refractivity contribution in [3.63, 3.8) is 0 Å². The van der Waals surface area contributed by atoms with Crippen molar-refractivity contribution < 1.29 is 13.9 Å². The van der Waals surface area contributed by atoms with E-state index in [0.29, 0.717) is 18.9 Å². The molecule has 2 heterocycles. The van der Waals surface area contributed by atoms with Crippen molar-refractivity contribution in [2.75, 3.05) is 26.2 Å². The summed E-state index contributed by atoms with van der Waals surface area (Å²) in [5.74, 6) is 0.517. The number of ether oxygens (including phenoxy) is 1. The molecule has 0 spiro atoms. The fourth-order valence-corrected chi connectivity index (χ4v) is 2.71. The highest BCUT2D eigenvalue weighted by Gasteiger charge is 2.20. The number of carbonyl (C=O) groups is 1. The number of nitrogens with one attached hydrogen (secondary N) is 1.